The standard InChI is InChI=1S/C51H31N3O2/c1-3-12-32(13-4-1)33-22-24-35(25-23-33)50-52-49(34-14-5-2-6-15-34)53-51(54-50)37-27-29-42-44-20-11-19-43(48(44)56-47(42)31-37)39-17-8-7-16-38(39)36-26-28-41-40-18-9-10-21-45(40)55-46(41)30-36/h1-31H. The number of hydrogen-bond donors (Lipinski definition) is 0. The van der Waals surface area contributed by atoms with Gasteiger partial charge >= 0.3 is 0 Å². The first-order valence-electron chi connectivity index (χ1n) is 18.7. The number of rotatable bonds is 6. The molecule has 11 aromatic rings. The van der Waals surface area contributed by atoms with Crippen LogP contribution in [0.15, 0.2) is 197 Å². The predicted molar refractivity (Wildman–Crippen MR) is 227 cm³/mol. The van der Waals surface area contributed by atoms with Crippen LogP contribution in [-0.2, 0) is 0 Å². The SMILES string of the molecule is c1ccc(-c2ccc(-c3nc(-c4ccccc4)nc(-c4ccc5c(c4)oc4c(-c6ccccc6-c6ccc7c(c6)oc6ccccc67)cccc45)n3)cc2)cc1. The molecule has 3 heterocycles. The molecule has 5 heteroatoms. The molecule has 0 spiro atoms. The van der Waals surface area contributed by atoms with E-state index in [0.717, 1.165) is 93.9 Å². The second kappa shape index (κ2) is 13.0. The minimum absolute atomic E-state index is 0.579. The highest BCUT2D eigenvalue weighted by Gasteiger charge is 2.19. The average Bonchev–Trinajstić information content (AvgIpc) is 3.85. The molecule has 56 heavy (non-hydrogen) atoms. The molecule has 0 aliphatic rings. The second-order valence-electron chi connectivity index (χ2n) is 14.0. The fourth-order valence-corrected chi connectivity index (χ4v) is 7.81. The molecule has 0 radical (unpaired) electrons. The summed E-state index contributed by atoms with van der Waals surface area (Å²) in [6.45, 7) is 0. The molecule has 0 saturated carbocycles. The fraction of sp³-hybridized carbons (Fsp3) is 0. The molecule has 0 aliphatic carbocycles. The first kappa shape index (κ1) is 31.9. The highest BCUT2D eigenvalue weighted by Crippen LogP contribution is 2.42. The van der Waals surface area contributed by atoms with Gasteiger partial charge in [-0.1, -0.05) is 158 Å². The Hall–Kier alpha value is -7.63. The Morgan fingerprint density at radius 1 is 0.268 bits per heavy atom. The summed E-state index contributed by atoms with van der Waals surface area (Å²) in [5.41, 5.74) is 12.6. The van der Waals surface area contributed by atoms with Gasteiger partial charge in [-0.2, -0.15) is 0 Å². The van der Waals surface area contributed by atoms with Gasteiger partial charge in [-0.3, -0.25) is 0 Å². The lowest BCUT2D eigenvalue weighted by Crippen LogP contribution is -2.00. The van der Waals surface area contributed by atoms with Crippen LogP contribution in [0.3, 0.4) is 0 Å². The zero-order valence-electron chi connectivity index (χ0n) is 30.1. The summed E-state index contributed by atoms with van der Waals surface area (Å²) < 4.78 is 13.1. The van der Waals surface area contributed by atoms with Gasteiger partial charge in [0.05, 0.1) is 0 Å². The van der Waals surface area contributed by atoms with E-state index in [4.69, 9.17) is 23.8 Å². The van der Waals surface area contributed by atoms with Gasteiger partial charge in [-0.25, -0.2) is 15.0 Å². The average molecular weight is 718 g/mol. The highest BCUT2D eigenvalue weighted by atomic mass is 16.3. The highest BCUT2D eigenvalue weighted by molar-refractivity contribution is 6.12. The third-order valence-electron chi connectivity index (χ3n) is 10.6. The van der Waals surface area contributed by atoms with E-state index in [1.54, 1.807) is 0 Å². The van der Waals surface area contributed by atoms with Crippen molar-refractivity contribution in [2.24, 2.45) is 0 Å². The van der Waals surface area contributed by atoms with Crippen LogP contribution in [-0.4, -0.2) is 15.0 Å². The largest absolute Gasteiger partial charge is 0.456 e. The number of furan rings is 2. The molecule has 0 amide bonds. The second-order valence-corrected chi connectivity index (χ2v) is 14.0. The molecule has 0 unspecified atom stereocenters. The number of para-hydroxylation sites is 2. The van der Waals surface area contributed by atoms with Crippen LogP contribution >= 0.6 is 0 Å². The van der Waals surface area contributed by atoms with E-state index >= 15 is 0 Å². The fourth-order valence-electron chi connectivity index (χ4n) is 7.81. The first-order valence-corrected chi connectivity index (χ1v) is 18.7. The normalized spacial score (nSPS) is 11.6. The van der Waals surface area contributed by atoms with Gasteiger partial charge in [0.25, 0.3) is 0 Å². The van der Waals surface area contributed by atoms with Crippen LogP contribution in [0.1, 0.15) is 0 Å². The maximum absolute atomic E-state index is 6.80. The van der Waals surface area contributed by atoms with E-state index in [2.05, 4.69) is 127 Å². The summed E-state index contributed by atoms with van der Waals surface area (Å²) in [7, 11) is 0. The predicted octanol–water partition coefficient (Wildman–Crippen LogP) is 13.7. The van der Waals surface area contributed by atoms with Gasteiger partial charge in [0.1, 0.15) is 22.3 Å². The Kier molecular flexibility index (Phi) is 7.42. The van der Waals surface area contributed by atoms with Crippen molar-refractivity contribution in [3.8, 4) is 67.5 Å². The van der Waals surface area contributed by atoms with Crippen molar-refractivity contribution in [2.45, 2.75) is 0 Å². The number of hydrogen-bond acceptors (Lipinski definition) is 5. The van der Waals surface area contributed by atoms with Gasteiger partial charge in [0.2, 0.25) is 0 Å². The first-order chi connectivity index (χ1) is 27.7. The Labute approximate surface area is 322 Å². The summed E-state index contributed by atoms with van der Waals surface area (Å²) in [4.78, 5) is 15.0. The lowest BCUT2D eigenvalue weighted by molar-refractivity contribution is 0.669. The van der Waals surface area contributed by atoms with Crippen molar-refractivity contribution in [1.82, 2.24) is 15.0 Å². The van der Waals surface area contributed by atoms with E-state index < -0.39 is 0 Å². The van der Waals surface area contributed by atoms with Gasteiger partial charge in [-0.05, 0) is 58.1 Å². The molecule has 8 aromatic carbocycles. The third-order valence-corrected chi connectivity index (χ3v) is 10.6. The van der Waals surface area contributed by atoms with Crippen LogP contribution in [0.2, 0.25) is 0 Å². The van der Waals surface area contributed by atoms with Crippen LogP contribution in [0.4, 0.5) is 0 Å². The zero-order chi connectivity index (χ0) is 37.0. The van der Waals surface area contributed by atoms with Crippen molar-refractivity contribution in [2.75, 3.05) is 0 Å². The van der Waals surface area contributed by atoms with Crippen molar-refractivity contribution >= 4 is 43.9 Å². The zero-order valence-corrected chi connectivity index (χ0v) is 30.1. The molecule has 0 saturated heterocycles. The quantitative estimate of drug-likeness (QED) is 0.171. The van der Waals surface area contributed by atoms with E-state index in [1.165, 1.54) is 0 Å². The summed E-state index contributed by atoms with van der Waals surface area (Å²) in [5, 5.41) is 4.31. The van der Waals surface area contributed by atoms with Crippen LogP contribution in [0, 0.1) is 0 Å². The molecule has 0 bridgehead atoms. The summed E-state index contributed by atoms with van der Waals surface area (Å²) in [5.74, 6) is 1.80. The molecule has 0 atom stereocenters. The topological polar surface area (TPSA) is 65.0 Å². The van der Waals surface area contributed by atoms with E-state index in [9.17, 15) is 0 Å². The number of benzene rings is 8. The number of fused-ring (bicyclic) bond motifs is 6. The van der Waals surface area contributed by atoms with Gasteiger partial charge in [-0.15, -0.1) is 0 Å². The van der Waals surface area contributed by atoms with Crippen molar-refractivity contribution in [3.05, 3.63) is 188 Å². The summed E-state index contributed by atoms with van der Waals surface area (Å²) >= 11 is 0. The molecule has 11 rings (SSSR count). The summed E-state index contributed by atoms with van der Waals surface area (Å²) in [6, 6.07) is 64.5. The van der Waals surface area contributed by atoms with E-state index in [-0.39, 0.29) is 0 Å². The van der Waals surface area contributed by atoms with Crippen LogP contribution in [0.5, 0.6) is 0 Å². The Balaban J connectivity index is 1.01. The molecule has 0 N–H and O–H groups in total. The van der Waals surface area contributed by atoms with Crippen LogP contribution < -0.4 is 0 Å². The molecule has 0 aliphatic heterocycles. The molecular formula is C51H31N3O2. The monoisotopic (exact) mass is 717 g/mol. The number of nitrogens with zero attached hydrogens (tertiary/aromatic N) is 3. The Bertz CT molecular complexity index is 3240. The molecule has 3 aromatic heterocycles. The van der Waals surface area contributed by atoms with Crippen molar-refractivity contribution in [3.63, 3.8) is 0 Å². The smallest absolute Gasteiger partial charge is 0.164 e. The van der Waals surface area contributed by atoms with Gasteiger partial charge < -0.3 is 8.83 Å². The molecular weight excluding hydrogens is 687 g/mol. The maximum atomic E-state index is 6.80. The maximum Gasteiger partial charge on any atom is 0.164 e. The van der Waals surface area contributed by atoms with Gasteiger partial charge in [0.15, 0.2) is 17.5 Å². The van der Waals surface area contributed by atoms with Gasteiger partial charge in [0, 0.05) is 43.8 Å². The minimum atomic E-state index is 0.579. The van der Waals surface area contributed by atoms with E-state index in [1.807, 2.05) is 60.7 Å². The van der Waals surface area contributed by atoms with Crippen LogP contribution in [0.25, 0.3) is 111 Å². The van der Waals surface area contributed by atoms with Crippen molar-refractivity contribution < 1.29 is 8.83 Å². The summed E-state index contributed by atoms with van der Waals surface area (Å²) in [6.07, 6.45) is 0. The minimum Gasteiger partial charge on any atom is -0.456 e. The Morgan fingerprint density at radius 2 is 0.732 bits per heavy atom. The molecule has 0 fully saturated rings. The third kappa shape index (κ3) is 5.45. The molecule has 262 valence electrons. The Morgan fingerprint density at radius 3 is 1.50 bits per heavy atom. The van der Waals surface area contributed by atoms with E-state index in [0.29, 0.717) is 17.5 Å². The lowest BCUT2D eigenvalue weighted by Gasteiger charge is -2.11. The lowest BCUT2D eigenvalue weighted by atomic mass is 9.93. The molecule has 5 nitrogen and oxygen atoms in total. The number of aromatic nitrogens is 3. The van der Waals surface area contributed by atoms with Crippen molar-refractivity contribution in [1.29, 1.82) is 0 Å².